The van der Waals surface area contributed by atoms with Gasteiger partial charge in [-0.3, -0.25) is 0 Å². The van der Waals surface area contributed by atoms with Gasteiger partial charge < -0.3 is 15.1 Å². The van der Waals surface area contributed by atoms with Crippen LogP contribution in [0.1, 0.15) is 33.1 Å². The van der Waals surface area contributed by atoms with Crippen molar-refractivity contribution in [2.75, 3.05) is 52.9 Å². The van der Waals surface area contributed by atoms with E-state index < -0.39 is 0 Å². The highest BCUT2D eigenvalue weighted by Crippen LogP contribution is 2.14. The molecule has 0 aliphatic carbocycles. The van der Waals surface area contributed by atoms with Crippen molar-refractivity contribution in [3.63, 3.8) is 0 Å². The van der Waals surface area contributed by atoms with E-state index in [9.17, 15) is 0 Å². The zero-order valence-electron chi connectivity index (χ0n) is 12.0. The van der Waals surface area contributed by atoms with Crippen molar-refractivity contribution in [1.82, 2.24) is 15.1 Å². The molecular weight excluding hydrogens is 210 g/mol. The quantitative estimate of drug-likeness (QED) is 0.652. The zero-order valence-corrected chi connectivity index (χ0v) is 12.0. The molecule has 102 valence electrons. The summed E-state index contributed by atoms with van der Waals surface area (Å²) >= 11 is 0. The van der Waals surface area contributed by atoms with Crippen LogP contribution in [0.4, 0.5) is 0 Å². The van der Waals surface area contributed by atoms with Crippen molar-refractivity contribution < 1.29 is 0 Å². The van der Waals surface area contributed by atoms with Gasteiger partial charge in [0.2, 0.25) is 0 Å². The number of hydrogen-bond acceptors (Lipinski definition) is 3. The van der Waals surface area contributed by atoms with Crippen LogP contribution >= 0.6 is 0 Å². The van der Waals surface area contributed by atoms with E-state index in [1.54, 1.807) is 0 Å². The first kappa shape index (κ1) is 14.9. The molecule has 0 aromatic carbocycles. The number of likely N-dealkylation sites (tertiary alicyclic amines) is 1. The van der Waals surface area contributed by atoms with E-state index in [4.69, 9.17) is 0 Å². The monoisotopic (exact) mass is 241 g/mol. The molecule has 0 spiro atoms. The summed E-state index contributed by atoms with van der Waals surface area (Å²) in [4.78, 5) is 4.97. The first-order chi connectivity index (χ1) is 8.26. The first-order valence-corrected chi connectivity index (χ1v) is 7.37. The van der Waals surface area contributed by atoms with Crippen molar-refractivity contribution in [2.24, 2.45) is 5.92 Å². The molecule has 0 aromatic heterocycles. The molecule has 0 unspecified atom stereocenters. The predicted octanol–water partition coefficient (Wildman–Crippen LogP) is 1.65. The fourth-order valence-electron chi connectivity index (χ4n) is 2.55. The van der Waals surface area contributed by atoms with Crippen LogP contribution in [0.15, 0.2) is 0 Å². The van der Waals surface area contributed by atoms with E-state index in [1.807, 2.05) is 0 Å². The highest BCUT2D eigenvalue weighted by Gasteiger charge is 2.15. The summed E-state index contributed by atoms with van der Waals surface area (Å²) in [5.74, 6) is 0.910. The summed E-state index contributed by atoms with van der Waals surface area (Å²) < 4.78 is 0. The number of likely N-dealkylation sites (N-methyl/N-ethyl adjacent to an activating group) is 1. The van der Waals surface area contributed by atoms with Crippen molar-refractivity contribution in [1.29, 1.82) is 0 Å². The lowest BCUT2D eigenvalue weighted by atomic mass is 9.97. The Morgan fingerprint density at radius 3 is 2.47 bits per heavy atom. The molecule has 3 nitrogen and oxygen atoms in total. The lowest BCUT2D eigenvalue weighted by Crippen LogP contribution is -2.38. The van der Waals surface area contributed by atoms with Crippen molar-refractivity contribution >= 4 is 0 Å². The Hall–Kier alpha value is -0.120. The largest absolute Gasteiger partial charge is 0.315 e. The maximum atomic E-state index is 3.63. The second kappa shape index (κ2) is 8.90. The third kappa shape index (κ3) is 6.39. The molecule has 1 aliphatic rings. The number of nitrogens with zero attached hydrogens (tertiary/aromatic N) is 2. The van der Waals surface area contributed by atoms with Crippen LogP contribution in [0.5, 0.6) is 0 Å². The van der Waals surface area contributed by atoms with Gasteiger partial charge in [-0.25, -0.2) is 0 Å². The van der Waals surface area contributed by atoms with Gasteiger partial charge in [0.15, 0.2) is 0 Å². The normalized spacial score (nSPS) is 19.1. The van der Waals surface area contributed by atoms with Crippen LogP contribution in [-0.2, 0) is 0 Å². The topological polar surface area (TPSA) is 18.5 Å². The number of rotatable bonds is 8. The molecule has 0 bridgehead atoms. The van der Waals surface area contributed by atoms with Gasteiger partial charge in [-0.1, -0.05) is 13.8 Å². The minimum absolute atomic E-state index is 0.910. The number of piperidine rings is 1. The van der Waals surface area contributed by atoms with Crippen LogP contribution in [0.3, 0.4) is 0 Å². The SMILES string of the molecule is CCCN(CC)CCNCC1CCN(C)CC1. The standard InChI is InChI=1S/C14H31N3/c1-4-9-17(5-2)12-8-15-13-14-6-10-16(3)11-7-14/h14-15H,4-13H2,1-3H3. The van der Waals surface area contributed by atoms with Crippen molar-refractivity contribution in [3.05, 3.63) is 0 Å². The molecule has 1 saturated heterocycles. The zero-order chi connectivity index (χ0) is 12.5. The summed E-state index contributed by atoms with van der Waals surface area (Å²) in [7, 11) is 2.23. The van der Waals surface area contributed by atoms with Crippen molar-refractivity contribution in [2.45, 2.75) is 33.1 Å². The Labute approximate surface area is 108 Å². The van der Waals surface area contributed by atoms with Gasteiger partial charge in [-0.05, 0) is 65.0 Å². The van der Waals surface area contributed by atoms with E-state index in [0.717, 1.165) is 12.5 Å². The van der Waals surface area contributed by atoms with E-state index in [-0.39, 0.29) is 0 Å². The Balaban J connectivity index is 1.99. The van der Waals surface area contributed by atoms with Crippen LogP contribution in [-0.4, -0.2) is 62.7 Å². The Bertz CT molecular complexity index is 176. The third-order valence-electron chi connectivity index (χ3n) is 3.86. The molecule has 0 radical (unpaired) electrons. The molecular formula is C14H31N3. The minimum Gasteiger partial charge on any atom is -0.315 e. The predicted molar refractivity (Wildman–Crippen MR) is 75.5 cm³/mol. The summed E-state index contributed by atoms with van der Waals surface area (Å²) in [5.41, 5.74) is 0. The van der Waals surface area contributed by atoms with Gasteiger partial charge in [-0.2, -0.15) is 0 Å². The van der Waals surface area contributed by atoms with Crippen LogP contribution < -0.4 is 5.32 Å². The summed E-state index contributed by atoms with van der Waals surface area (Å²) in [6, 6.07) is 0. The number of nitrogens with one attached hydrogen (secondary N) is 1. The average molecular weight is 241 g/mol. The molecule has 17 heavy (non-hydrogen) atoms. The van der Waals surface area contributed by atoms with E-state index in [1.165, 1.54) is 58.5 Å². The molecule has 0 amide bonds. The van der Waals surface area contributed by atoms with Gasteiger partial charge in [0, 0.05) is 13.1 Å². The average Bonchev–Trinajstić information content (AvgIpc) is 2.35. The molecule has 1 fully saturated rings. The summed E-state index contributed by atoms with van der Waals surface area (Å²) in [6.45, 7) is 13.1. The maximum absolute atomic E-state index is 3.63. The van der Waals surface area contributed by atoms with Gasteiger partial charge in [0.1, 0.15) is 0 Å². The molecule has 1 aliphatic heterocycles. The van der Waals surface area contributed by atoms with Crippen molar-refractivity contribution in [3.8, 4) is 0 Å². The van der Waals surface area contributed by atoms with E-state index >= 15 is 0 Å². The molecule has 0 aromatic rings. The van der Waals surface area contributed by atoms with E-state index in [2.05, 4.69) is 36.0 Å². The second-order valence-corrected chi connectivity index (χ2v) is 5.39. The molecule has 1 heterocycles. The van der Waals surface area contributed by atoms with Crippen LogP contribution in [0.25, 0.3) is 0 Å². The van der Waals surface area contributed by atoms with Gasteiger partial charge in [0.25, 0.3) is 0 Å². The maximum Gasteiger partial charge on any atom is 0.0107 e. The van der Waals surface area contributed by atoms with E-state index in [0.29, 0.717) is 0 Å². The molecule has 1 N–H and O–H groups in total. The third-order valence-corrected chi connectivity index (χ3v) is 3.86. The molecule has 0 saturated carbocycles. The smallest absolute Gasteiger partial charge is 0.0107 e. The highest BCUT2D eigenvalue weighted by molar-refractivity contribution is 4.72. The molecule has 0 atom stereocenters. The minimum atomic E-state index is 0.910. The highest BCUT2D eigenvalue weighted by atomic mass is 15.1. The lowest BCUT2D eigenvalue weighted by molar-refractivity contribution is 0.213. The van der Waals surface area contributed by atoms with Crippen LogP contribution in [0, 0.1) is 5.92 Å². The van der Waals surface area contributed by atoms with Gasteiger partial charge in [0.05, 0.1) is 0 Å². The first-order valence-electron chi connectivity index (χ1n) is 7.37. The summed E-state index contributed by atoms with van der Waals surface area (Å²) in [5, 5.41) is 3.63. The number of hydrogen-bond donors (Lipinski definition) is 1. The lowest BCUT2D eigenvalue weighted by Gasteiger charge is -2.29. The molecule has 1 rings (SSSR count). The molecule has 3 heteroatoms. The van der Waals surface area contributed by atoms with Gasteiger partial charge in [-0.15, -0.1) is 0 Å². The van der Waals surface area contributed by atoms with Gasteiger partial charge >= 0.3 is 0 Å². The Morgan fingerprint density at radius 2 is 1.88 bits per heavy atom. The Morgan fingerprint density at radius 1 is 1.18 bits per heavy atom. The van der Waals surface area contributed by atoms with Crippen LogP contribution in [0.2, 0.25) is 0 Å². The summed E-state index contributed by atoms with van der Waals surface area (Å²) in [6.07, 6.45) is 4.01. The second-order valence-electron chi connectivity index (χ2n) is 5.39. The fraction of sp³-hybridized carbons (Fsp3) is 1.00. The Kier molecular flexibility index (Phi) is 7.82. The fourth-order valence-corrected chi connectivity index (χ4v) is 2.55.